The second kappa shape index (κ2) is 8.45. The van der Waals surface area contributed by atoms with E-state index in [9.17, 15) is 13.2 Å². The highest BCUT2D eigenvalue weighted by molar-refractivity contribution is 7.90. The van der Waals surface area contributed by atoms with Gasteiger partial charge in [0, 0.05) is 12.3 Å². The minimum absolute atomic E-state index is 0.0231. The maximum atomic E-state index is 12.4. The van der Waals surface area contributed by atoms with Crippen LogP contribution in [0.1, 0.15) is 29.6 Å². The van der Waals surface area contributed by atoms with Crippen LogP contribution in [0.3, 0.4) is 0 Å². The van der Waals surface area contributed by atoms with Crippen LogP contribution in [0.2, 0.25) is 5.15 Å². The average molecular weight is 447 g/mol. The molecular formula is C20H19ClN4O4S. The normalized spacial score (nSPS) is 14.2. The third kappa shape index (κ3) is 4.47. The van der Waals surface area contributed by atoms with Crippen molar-refractivity contribution in [1.29, 1.82) is 0 Å². The molecule has 10 heteroatoms. The van der Waals surface area contributed by atoms with Crippen LogP contribution in [-0.4, -0.2) is 35.7 Å². The molecule has 1 saturated carbocycles. The number of rotatable bonds is 7. The van der Waals surface area contributed by atoms with Crippen molar-refractivity contribution in [3.8, 4) is 11.7 Å². The number of nitrogens with zero attached hydrogens (tertiary/aromatic N) is 3. The molecule has 4 rings (SSSR count). The number of ether oxygens (including phenoxy) is 1. The van der Waals surface area contributed by atoms with Crippen molar-refractivity contribution in [3.63, 3.8) is 0 Å². The number of nitrogens with one attached hydrogen (secondary N) is 1. The highest BCUT2D eigenvalue weighted by Crippen LogP contribution is 2.27. The number of halogens is 1. The number of carbonyl (C=O) groups excluding carboxylic acids is 1. The van der Waals surface area contributed by atoms with Gasteiger partial charge in [-0.05, 0) is 43.0 Å². The monoisotopic (exact) mass is 446 g/mol. The van der Waals surface area contributed by atoms with Gasteiger partial charge in [-0.15, -0.1) is 5.10 Å². The SMILES string of the molecule is O=C(NS(=O)(=O)c1ccccc1)c1ccc(-n2ccc(OCC3CCC3)n2)nc1Cl. The summed E-state index contributed by atoms with van der Waals surface area (Å²) < 4.78 is 33.8. The summed E-state index contributed by atoms with van der Waals surface area (Å²) in [5.74, 6) is 0.581. The van der Waals surface area contributed by atoms with Gasteiger partial charge in [-0.3, -0.25) is 4.79 Å². The lowest BCUT2D eigenvalue weighted by Gasteiger charge is -2.24. The van der Waals surface area contributed by atoms with Crippen molar-refractivity contribution in [3.05, 3.63) is 65.4 Å². The number of pyridine rings is 1. The van der Waals surface area contributed by atoms with Gasteiger partial charge >= 0.3 is 0 Å². The first kappa shape index (κ1) is 20.4. The minimum atomic E-state index is -4.01. The van der Waals surface area contributed by atoms with Gasteiger partial charge in [-0.25, -0.2) is 22.8 Å². The van der Waals surface area contributed by atoms with E-state index in [0.717, 1.165) is 0 Å². The zero-order valence-corrected chi connectivity index (χ0v) is 17.4. The molecule has 1 aromatic carbocycles. The molecule has 2 heterocycles. The molecule has 156 valence electrons. The van der Waals surface area contributed by atoms with E-state index in [4.69, 9.17) is 16.3 Å². The van der Waals surface area contributed by atoms with Crippen molar-refractivity contribution >= 4 is 27.5 Å². The standard InChI is InChI=1S/C20H19ClN4O4S/c21-19-16(20(26)24-30(27,28)15-7-2-1-3-8-15)9-10-17(22-19)25-12-11-18(23-25)29-13-14-5-4-6-14/h1-3,7-12,14H,4-6,13H2,(H,24,26). The fraction of sp³-hybridized carbons (Fsp3) is 0.250. The molecule has 2 aromatic heterocycles. The fourth-order valence-electron chi connectivity index (χ4n) is 2.93. The zero-order valence-electron chi connectivity index (χ0n) is 15.9. The molecular weight excluding hydrogens is 428 g/mol. The summed E-state index contributed by atoms with van der Waals surface area (Å²) >= 11 is 6.15. The van der Waals surface area contributed by atoms with Gasteiger partial charge in [0.25, 0.3) is 15.9 Å². The van der Waals surface area contributed by atoms with Crippen LogP contribution in [0.25, 0.3) is 5.82 Å². The number of benzene rings is 1. The fourth-order valence-corrected chi connectivity index (χ4v) is 4.15. The van der Waals surface area contributed by atoms with Crippen LogP contribution in [0.4, 0.5) is 0 Å². The summed E-state index contributed by atoms with van der Waals surface area (Å²) in [5.41, 5.74) is -0.0615. The van der Waals surface area contributed by atoms with Crippen LogP contribution in [-0.2, 0) is 10.0 Å². The van der Waals surface area contributed by atoms with E-state index in [1.165, 1.54) is 48.2 Å². The van der Waals surface area contributed by atoms with E-state index in [0.29, 0.717) is 24.2 Å². The summed E-state index contributed by atoms with van der Waals surface area (Å²) in [4.78, 5) is 16.6. The van der Waals surface area contributed by atoms with E-state index in [1.807, 2.05) is 4.72 Å². The number of hydrogen-bond acceptors (Lipinski definition) is 6. The van der Waals surface area contributed by atoms with Gasteiger partial charge in [0.2, 0.25) is 5.88 Å². The molecule has 1 fully saturated rings. The molecule has 30 heavy (non-hydrogen) atoms. The van der Waals surface area contributed by atoms with E-state index >= 15 is 0 Å². The lowest BCUT2D eigenvalue weighted by molar-refractivity contribution is 0.0981. The zero-order chi connectivity index (χ0) is 21.1. The minimum Gasteiger partial charge on any atom is -0.476 e. The van der Waals surface area contributed by atoms with Crippen LogP contribution in [0.15, 0.2) is 59.6 Å². The maximum Gasteiger partial charge on any atom is 0.268 e. The summed E-state index contributed by atoms with van der Waals surface area (Å²) in [5, 5.41) is 4.16. The number of sulfonamides is 1. The topological polar surface area (TPSA) is 103 Å². The molecule has 1 amide bonds. The van der Waals surface area contributed by atoms with Crippen LogP contribution < -0.4 is 9.46 Å². The molecule has 0 atom stereocenters. The molecule has 0 spiro atoms. The van der Waals surface area contributed by atoms with Gasteiger partial charge in [-0.2, -0.15) is 0 Å². The Kier molecular flexibility index (Phi) is 5.74. The number of carbonyl (C=O) groups is 1. The summed E-state index contributed by atoms with van der Waals surface area (Å²) in [7, 11) is -4.01. The first-order valence-electron chi connectivity index (χ1n) is 9.40. The van der Waals surface area contributed by atoms with E-state index in [2.05, 4.69) is 10.1 Å². The van der Waals surface area contributed by atoms with Crippen molar-refractivity contribution in [2.75, 3.05) is 6.61 Å². The van der Waals surface area contributed by atoms with E-state index in [1.54, 1.807) is 30.5 Å². The Balaban J connectivity index is 1.46. The quantitative estimate of drug-likeness (QED) is 0.559. The highest BCUT2D eigenvalue weighted by atomic mass is 35.5. The molecule has 0 radical (unpaired) electrons. The summed E-state index contributed by atoms with van der Waals surface area (Å²) in [6, 6.07) is 12.2. The number of aromatic nitrogens is 3. The Labute approximate surface area is 178 Å². The second-order valence-corrected chi connectivity index (χ2v) is 9.00. The third-order valence-corrected chi connectivity index (χ3v) is 6.49. The van der Waals surface area contributed by atoms with Crippen molar-refractivity contribution < 1.29 is 17.9 Å². The Hall–Kier alpha value is -2.91. The Morgan fingerprint density at radius 3 is 2.60 bits per heavy atom. The van der Waals surface area contributed by atoms with Gasteiger partial charge in [0.15, 0.2) is 5.82 Å². The highest BCUT2D eigenvalue weighted by Gasteiger charge is 2.21. The van der Waals surface area contributed by atoms with E-state index < -0.39 is 15.9 Å². The molecule has 0 saturated heterocycles. The van der Waals surface area contributed by atoms with E-state index in [-0.39, 0.29) is 15.6 Å². The van der Waals surface area contributed by atoms with Crippen molar-refractivity contribution in [2.45, 2.75) is 24.2 Å². The Morgan fingerprint density at radius 1 is 1.17 bits per heavy atom. The molecule has 1 aliphatic rings. The molecule has 0 unspecified atom stereocenters. The largest absolute Gasteiger partial charge is 0.476 e. The predicted octanol–water partition coefficient (Wildman–Crippen LogP) is 3.22. The Morgan fingerprint density at radius 2 is 1.93 bits per heavy atom. The summed E-state index contributed by atoms with van der Waals surface area (Å²) in [6.45, 7) is 0.639. The van der Waals surface area contributed by atoms with Crippen LogP contribution in [0, 0.1) is 5.92 Å². The molecule has 3 aromatic rings. The van der Waals surface area contributed by atoms with Gasteiger partial charge < -0.3 is 4.74 Å². The van der Waals surface area contributed by atoms with Crippen LogP contribution >= 0.6 is 11.6 Å². The Bertz CT molecular complexity index is 1160. The summed E-state index contributed by atoms with van der Waals surface area (Å²) in [6.07, 6.45) is 5.29. The van der Waals surface area contributed by atoms with Gasteiger partial charge in [0.1, 0.15) is 5.15 Å². The van der Waals surface area contributed by atoms with Crippen molar-refractivity contribution in [1.82, 2.24) is 19.5 Å². The average Bonchev–Trinajstić information content (AvgIpc) is 3.16. The second-order valence-electron chi connectivity index (χ2n) is 6.96. The maximum absolute atomic E-state index is 12.4. The third-order valence-electron chi connectivity index (χ3n) is 4.85. The molecule has 0 aliphatic heterocycles. The van der Waals surface area contributed by atoms with Crippen molar-refractivity contribution in [2.24, 2.45) is 5.92 Å². The number of hydrogen-bond donors (Lipinski definition) is 1. The van der Waals surface area contributed by atoms with Gasteiger partial charge in [-0.1, -0.05) is 36.2 Å². The number of amides is 1. The first-order chi connectivity index (χ1) is 14.4. The molecule has 0 bridgehead atoms. The molecule has 1 N–H and O–H groups in total. The van der Waals surface area contributed by atoms with Crippen LogP contribution in [0.5, 0.6) is 5.88 Å². The predicted molar refractivity (Wildman–Crippen MR) is 110 cm³/mol. The van der Waals surface area contributed by atoms with Gasteiger partial charge in [0.05, 0.1) is 17.1 Å². The molecule has 1 aliphatic carbocycles. The first-order valence-corrected chi connectivity index (χ1v) is 11.3. The lowest BCUT2D eigenvalue weighted by atomic mass is 9.86. The smallest absolute Gasteiger partial charge is 0.268 e. The molecule has 8 nitrogen and oxygen atoms in total. The lowest BCUT2D eigenvalue weighted by Crippen LogP contribution is -2.31.